The van der Waals surface area contributed by atoms with Crippen LogP contribution in [0.2, 0.25) is 0 Å². The Kier molecular flexibility index (Phi) is 2.56. The van der Waals surface area contributed by atoms with Crippen molar-refractivity contribution in [3.63, 3.8) is 0 Å². The molecular formula is C8H13NO4. The van der Waals surface area contributed by atoms with Crippen LogP contribution in [0.15, 0.2) is 0 Å². The van der Waals surface area contributed by atoms with E-state index in [1.165, 1.54) is 0 Å². The number of rotatable bonds is 4. The molecule has 0 radical (unpaired) electrons. The molecule has 5 heteroatoms. The second-order valence-electron chi connectivity index (χ2n) is 3.38. The highest BCUT2D eigenvalue weighted by atomic mass is 16.4. The molecule has 0 amide bonds. The monoisotopic (exact) mass is 187 g/mol. The lowest BCUT2D eigenvalue weighted by atomic mass is 10.1. The van der Waals surface area contributed by atoms with E-state index in [2.05, 4.69) is 0 Å². The standard InChI is InChI=1S/C8H13NO4/c1-2-3-4(5(3)7(10)11)6(9)8(12)13/h3-6H,2,9H2,1H3,(H,10,11)(H,12,13)/t3-,4-,5-,6+/m1/s1. The van der Waals surface area contributed by atoms with Crippen molar-refractivity contribution in [2.45, 2.75) is 19.4 Å². The van der Waals surface area contributed by atoms with Gasteiger partial charge in [0.25, 0.3) is 0 Å². The molecule has 1 rings (SSSR count). The maximum atomic E-state index is 10.6. The Morgan fingerprint density at radius 2 is 2.00 bits per heavy atom. The summed E-state index contributed by atoms with van der Waals surface area (Å²) in [6.45, 7) is 1.84. The number of carboxylic acid groups (broad SMARTS) is 2. The van der Waals surface area contributed by atoms with Crippen LogP contribution in [-0.4, -0.2) is 28.2 Å². The molecule has 0 heterocycles. The molecule has 4 atom stereocenters. The quantitative estimate of drug-likeness (QED) is 0.563. The molecule has 0 aromatic heterocycles. The zero-order valence-electron chi connectivity index (χ0n) is 7.30. The van der Waals surface area contributed by atoms with Crippen LogP contribution in [0.5, 0.6) is 0 Å². The van der Waals surface area contributed by atoms with E-state index in [1.807, 2.05) is 6.92 Å². The van der Waals surface area contributed by atoms with E-state index in [0.29, 0.717) is 6.42 Å². The normalized spacial score (nSPS) is 33.8. The Bertz CT molecular complexity index is 240. The van der Waals surface area contributed by atoms with Crippen LogP contribution in [0.25, 0.3) is 0 Å². The lowest BCUT2D eigenvalue weighted by Crippen LogP contribution is -2.34. The number of carbonyl (C=O) groups is 2. The fourth-order valence-corrected chi connectivity index (χ4v) is 1.93. The first-order chi connectivity index (χ1) is 6.00. The zero-order chi connectivity index (χ0) is 10.2. The number of nitrogens with two attached hydrogens (primary N) is 1. The second kappa shape index (κ2) is 3.33. The highest BCUT2D eigenvalue weighted by molar-refractivity contribution is 5.80. The largest absolute Gasteiger partial charge is 0.481 e. The third-order valence-corrected chi connectivity index (χ3v) is 2.69. The molecular weight excluding hydrogens is 174 g/mol. The number of hydrogen-bond acceptors (Lipinski definition) is 3. The van der Waals surface area contributed by atoms with Gasteiger partial charge in [0.05, 0.1) is 5.92 Å². The van der Waals surface area contributed by atoms with E-state index in [4.69, 9.17) is 15.9 Å². The molecule has 0 saturated heterocycles. The van der Waals surface area contributed by atoms with Gasteiger partial charge >= 0.3 is 11.9 Å². The molecule has 0 bridgehead atoms. The van der Waals surface area contributed by atoms with E-state index in [0.717, 1.165) is 0 Å². The minimum Gasteiger partial charge on any atom is -0.481 e. The van der Waals surface area contributed by atoms with Crippen LogP contribution in [0, 0.1) is 17.8 Å². The molecule has 0 spiro atoms. The minimum absolute atomic E-state index is 0.0661. The number of aliphatic carboxylic acids is 2. The third-order valence-electron chi connectivity index (χ3n) is 2.69. The highest BCUT2D eigenvalue weighted by Gasteiger charge is 2.58. The summed E-state index contributed by atoms with van der Waals surface area (Å²) in [5.41, 5.74) is 5.35. The van der Waals surface area contributed by atoms with Gasteiger partial charge in [-0.3, -0.25) is 9.59 Å². The lowest BCUT2D eigenvalue weighted by Gasteiger charge is -2.03. The van der Waals surface area contributed by atoms with Crippen molar-refractivity contribution in [3.8, 4) is 0 Å². The van der Waals surface area contributed by atoms with Crippen molar-refractivity contribution in [3.05, 3.63) is 0 Å². The van der Waals surface area contributed by atoms with Gasteiger partial charge in [0, 0.05) is 5.92 Å². The van der Waals surface area contributed by atoms with Crippen LogP contribution in [0.3, 0.4) is 0 Å². The molecule has 1 saturated carbocycles. The molecule has 4 N–H and O–H groups in total. The SMILES string of the molecule is CC[C@H]1[C@@H](C(=O)O)[C@@H]1[C@H](N)C(=O)O. The van der Waals surface area contributed by atoms with Crippen molar-refractivity contribution in [2.24, 2.45) is 23.5 Å². The van der Waals surface area contributed by atoms with E-state index in [1.54, 1.807) is 0 Å². The topological polar surface area (TPSA) is 101 Å². The fourth-order valence-electron chi connectivity index (χ4n) is 1.93. The van der Waals surface area contributed by atoms with Gasteiger partial charge in [-0.2, -0.15) is 0 Å². The predicted molar refractivity (Wildman–Crippen MR) is 44.0 cm³/mol. The summed E-state index contributed by atoms with van der Waals surface area (Å²) in [4.78, 5) is 21.1. The van der Waals surface area contributed by atoms with E-state index >= 15 is 0 Å². The number of carboxylic acids is 2. The first-order valence-corrected chi connectivity index (χ1v) is 4.21. The van der Waals surface area contributed by atoms with Gasteiger partial charge in [0.2, 0.25) is 0 Å². The molecule has 0 aliphatic heterocycles. The molecule has 74 valence electrons. The van der Waals surface area contributed by atoms with Crippen molar-refractivity contribution < 1.29 is 19.8 Å². The molecule has 1 fully saturated rings. The third kappa shape index (κ3) is 1.65. The first-order valence-electron chi connectivity index (χ1n) is 4.21. The van der Waals surface area contributed by atoms with Crippen LogP contribution < -0.4 is 5.73 Å². The van der Waals surface area contributed by atoms with Gasteiger partial charge in [-0.05, 0) is 5.92 Å². The van der Waals surface area contributed by atoms with Gasteiger partial charge in [-0.25, -0.2) is 0 Å². The van der Waals surface area contributed by atoms with Crippen LogP contribution >= 0.6 is 0 Å². The van der Waals surface area contributed by atoms with Gasteiger partial charge in [-0.15, -0.1) is 0 Å². The lowest BCUT2D eigenvalue weighted by molar-refractivity contribution is -0.140. The van der Waals surface area contributed by atoms with Crippen molar-refractivity contribution in [2.75, 3.05) is 0 Å². The minimum atomic E-state index is -1.12. The molecule has 13 heavy (non-hydrogen) atoms. The van der Waals surface area contributed by atoms with E-state index in [9.17, 15) is 9.59 Å². The molecule has 1 aliphatic rings. The van der Waals surface area contributed by atoms with Crippen molar-refractivity contribution in [1.29, 1.82) is 0 Å². The summed E-state index contributed by atoms with van der Waals surface area (Å²) >= 11 is 0. The van der Waals surface area contributed by atoms with E-state index < -0.39 is 23.9 Å². The summed E-state index contributed by atoms with van der Waals surface area (Å²) in [7, 11) is 0. The molecule has 5 nitrogen and oxygen atoms in total. The molecule has 1 aliphatic carbocycles. The smallest absolute Gasteiger partial charge is 0.320 e. The Morgan fingerprint density at radius 1 is 1.46 bits per heavy atom. The maximum Gasteiger partial charge on any atom is 0.320 e. The van der Waals surface area contributed by atoms with Gasteiger partial charge < -0.3 is 15.9 Å². The Balaban J connectivity index is 2.63. The van der Waals surface area contributed by atoms with Crippen LogP contribution in [0.1, 0.15) is 13.3 Å². The Labute approximate surface area is 75.5 Å². The molecule has 0 unspecified atom stereocenters. The Hall–Kier alpha value is -1.10. The fraction of sp³-hybridized carbons (Fsp3) is 0.750. The van der Waals surface area contributed by atoms with E-state index in [-0.39, 0.29) is 11.8 Å². The average Bonchev–Trinajstić information content (AvgIpc) is 2.76. The summed E-state index contributed by atoms with van der Waals surface area (Å²) in [5.74, 6) is -3.07. The summed E-state index contributed by atoms with van der Waals surface area (Å²) < 4.78 is 0. The van der Waals surface area contributed by atoms with Crippen molar-refractivity contribution >= 4 is 11.9 Å². The molecule has 0 aromatic rings. The number of hydrogen-bond donors (Lipinski definition) is 3. The maximum absolute atomic E-state index is 10.6. The average molecular weight is 187 g/mol. The molecule has 0 aromatic carbocycles. The summed E-state index contributed by atoms with van der Waals surface area (Å²) in [6.07, 6.45) is 0.669. The van der Waals surface area contributed by atoms with Crippen molar-refractivity contribution in [1.82, 2.24) is 0 Å². The first kappa shape index (κ1) is 9.98. The van der Waals surface area contributed by atoms with Gasteiger partial charge in [0.1, 0.15) is 6.04 Å². The predicted octanol–water partition coefficient (Wildman–Crippen LogP) is -0.245. The zero-order valence-corrected chi connectivity index (χ0v) is 7.30. The van der Waals surface area contributed by atoms with Crippen LogP contribution in [-0.2, 0) is 9.59 Å². The Morgan fingerprint density at radius 3 is 2.23 bits per heavy atom. The van der Waals surface area contributed by atoms with Gasteiger partial charge in [0.15, 0.2) is 0 Å². The second-order valence-corrected chi connectivity index (χ2v) is 3.38. The summed E-state index contributed by atoms with van der Waals surface area (Å²) in [5, 5.41) is 17.3. The van der Waals surface area contributed by atoms with Gasteiger partial charge in [-0.1, -0.05) is 13.3 Å². The van der Waals surface area contributed by atoms with Crippen LogP contribution in [0.4, 0.5) is 0 Å². The highest BCUT2D eigenvalue weighted by Crippen LogP contribution is 2.50. The summed E-state index contributed by atoms with van der Waals surface area (Å²) in [6, 6.07) is -1.04.